The van der Waals surface area contributed by atoms with Gasteiger partial charge in [0.2, 0.25) is 10.6 Å². The highest BCUT2D eigenvalue weighted by atomic mass is 35.5. The number of aliphatic hydroxyl groups is 4. The van der Waals surface area contributed by atoms with Gasteiger partial charge in [0.25, 0.3) is 0 Å². The first-order valence-corrected chi connectivity index (χ1v) is 13.3. The second kappa shape index (κ2) is 11.1. The summed E-state index contributed by atoms with van der Waals surface area (Å²) in [5.74, 6) is 0.372. The Morgan fingerprint density at radius 2 is 1.81 bits per heavy atom. The van der Waals surface area contributed by atoms with Gasteiger partial charge in [-0.1, -0.05) is 29.8 Å². The van der Waals surface area contributed by atoms with Gasteiger partial charge in [0.1, 0.15) is 29.9 Å². The van der Waals surface area contributed by atoms with Gasteiger partial charge in [0, 0.05) is 11.6 Å². The van der Waals surface area contributed by atoms with Crippen molar-refractivity contribution < 1.29 is 44.3 Å². The molecule has 0 spiro atoms. The van der Waals surface area contributed by atoms with Crippen LogP contribution in [0.15, 0.2) is 36.4 Å². The fourth-order valence-corrected chi connectivity index (χ4v) is 4.91. The number of hydrogen-bond donors (Lipinski definition) is 7. The standard InChI is InChI=1S/C21H25Cl2N4O9P/c22-12-4-2-1-3-11(12)7-24-19-14-6-5-13(27(14)26-20(23)25-19)18-17(31)16(30)15(36-18)8-35-21(9-28,10-29)37(32,33)34/h1-6,15-18,28-31H,7-10H2,(H,24,25,26)(H2,32,33,34)/t15-,16-,17-,18+/m1/s1. The monoisotopic (exact) mass is 578 g/mol. The highest BCUT2D eigenvalue weighted by Crippen LogP contribution is 2.51. The molecule has 37 heavy (non-hydrogen) atoms. The zero-order chi connectivity index (χ0) is 27.0. The summed E-state index contributed by atoms with van der Waals surface area (Å²) in [7, 11) is -5.11. The first-order valence-electron chi connectivity index (χ1n) is 11.0. The van der Waals surface area contributed by atoms with Crippen LogP contribution in [0.25, 0.3) is 5.52 Å². The summed E-state index contributed by atoms with van der Waals surface area (Å²) in [5, 5.41) is 45.3. The maximum absolute atomic E-state index is 11.7. The lowest BCUT2D eigenvalue weighted by Crippen LogP contribution is -2.44. The van der Waals surface area contributed by atoms with E-state index in [1.54, 1.807) is 18.2 Å². The van der Waals surface area contributed by atoms with Gasteiger partial charge in [-0.2, -0.15) is 4.98 Å². The van der Waals surface area contributed by atoms with Crippen molar-refractivity contribution in [1.29, 1.82) is 0 Å². The number of ether oxygens (including phenoxy) is 2. The first-order chi connectivity index (χ1) is 17.5. The van der Waals surface area contributed by atoms with Crippen LogP contribution in [0.2, 0.25) is 10.3 Å². The Hall–Kier alpha value is -1.87. The molecule has 3 aromatic rings. The third-order valence-electron chi connectivity index (χ3n) is 6.11. The summed E-state index contributed by atoms with van der Waals surface area (Å²) in [4.78, 5) is 23.2. The Bertz CT molecular complexity index is 1300. The number of aromatic nitrogens is 3. The molecule has 2 aromatic heterocycles. The zero-order valence-electron chi connectivity index (χ0n) is 19.1. The van der Waals surface area contributed by atoms with E-state index in [4.69, 9.17) is 32.7 Å². The maximum Gasteiger partial charge on any atom is 0.361 e. The molecular weight excluding hydrogens is 554 g/mol. The van der Waals surface area contributed by atoms with Crippen LogP contribution in [-0.2, 0) is 20.6 Å². The maximum atomic E-state index is 11.7. The van der Waals surface area contributed by atoms with Gasteiger partial charge in [-0.15, -0.1) is 5.10 Å². The number of nitrogens with zero attached hydrogens (tertiary/aromatic N) is 3. The molecule has 4 atom stereocenters. The van der Waals surface area contributed by atoms with E-state index >= 15 is 0 Å². The molecule has 3 heterocycles. The highest BCUT2D eigenvalue weighted by molar-refractivity contribution is 7.53. The van der Waals surface area contributed by atoms with Crippen LogP contribution in [0.4, 0.5) is 5.82 Å². The third kappa shape index (κ3) is 5.49. The summed E-state index contributed by atoms with van der Waals surface area (Å²) < 4.78 is 24.0. The summed E-state index contributed by atoms with van der Waals surface area (Å²) in [6.45, 7) is -2.69. The molecule has 1 aromatic carbocycles. The summed E-state index contributed by atoms with van der Waals surface area (Å²) in [6, 6.07) is 10.5. The van der Waals surface area contributed by atoms with Gasteiger partial charge in [-0.25, -0.2) is 4.52 Å². The van der Waals surface area contributed by atoms with Gasteiger partial charge in [-0.3, -0.25) is 4.57 Å². The molecule has 0 bridgehead atoms. The Kier molecular flexibility index (Phi) is 8.43. The van der Waals surface area contributed by atoms with E-state index in [-0.39, 0.29) is 5.28 Å². The summed E-state index contributed by atoms with van der Waals surface area (Å²) in [5.41, 5.74) is 1.61. The molecule has 0 amide bonds. The Balaban J connectivity index is 1.56. The summed E-state index contributed by atoms with van der Waals surface area (Å²) >= 11 is 12.4. The van der Waals surface area contributed by atoms with Crippen LogP contribution < -0.4 is 5.32 Å². The van der Waals surface area contributed by atoms with E-state index in [9.17, 15) is 34.8 Å². The van der Waals surface area contributed by atoms with Crippen LogP contribution in [0.1, 0.15) is 17.4 Å². The van der Waals surface area contributed by atoms with Crippen molar-refractivity contribution in [3.63, 3.8) is 0 Å². The number of nitrogens with one attached hydrogen (secondary N) is 1. The molecule has 202 valence electrons. The Morgan fingerprint density at radius 1 is 1.11 bits per heavy atom. The Morgan fingerprint density at radius 3 is 2.46 bits per heavy atom. The lowest BCUT2D eigenvalue weighted by atomic mass is 10.1. The van der Waals surface area contributed by atoms with E-state index in [0.29, 0.717) is 28.6 Å². The lowest BCUT2D eigenvalue weighted by Gasteiger charge is -2.31. The quantitative estimate of drug-likeness (QED) is 0.166. The van der Waals surface area contributed by atoms with Crippen LogP contribution in [0.3, 0.4) is 0 Å². The molecule has 13 nitrogen and oxygen atoms in total. The number of benzene rings is 1. The van der Waals surface area contributed by atoms with Gasteiger partial charge < -0.3 is 45.0 Å². The minimum Gasteiger partial charge on any atom is -0.393 e. The van der Waals surface area contributed by atoms with E-state index in [1.165, 1.54) is 4.52 Å². The molecule has 0 unspecified atom stereocenters. The molecule has 1 fully saturated rings. The molecule has 1 aliphatic heterocycles. The number of halogens is 2. The second-order valence-corrected chi connectivity index (χ2v) is 11.1. The van der Waals surface area contributed by atoms with Crippen LogP contribution in [0.5, 0.6) is 0 Å². The average molecular weight is 579 g/mol. The minimum atomic E-state index is -5.11. The highest BCUT2D eigenvalue weighted by Gasteiger charge is 2.51. The van der Waals surface area contributed by atoms with Gasteiger partial charge >= 0.3 is 7.60 Å². The molecule has 1 aliphatic rings. The number of aliphatic hydroxyl groups excluding tert-OH is 4. The van der Waals surface area contributed by atoms with E-state index in [2.05, 4.69) is 15.4 Å². The fraction of sp³-hybridized carbons (Fsp3) is 0.429. The number of rotatable bonds is 10. The molecular formula is C21H25Cl2N4O9P. The molecule has 1 saturated heterocycles. The van der Waals surface area contributed by atoms with Crippen molar-refractivity contribution in [2.75, 3.05) is 25.1 Å². The topological polar surface area (TPSA) is 199 Å². The largest absolute Gasteiger partial charge is 0.393 e. The Labute approximate surface area is 220 Å². The smallest absolute Gasteiger partial charge is 0.361 e. The molecule has 7 N–H and O–H groups in total. The van der Waals surface area contributed by atoms with Gasteiger partial charge in [0.15, 0.2) is 5.82 Å². The van der Waals surface area contributed by atoms with Crippen LogP contribution in [0, 0.1) is 0 Å². The average Bonchev–Trinajstić information content (AvgIpc) is 3.39. The van der Waals surface area contributed by atoms with Crippen molar-refractivity contribution in [3.8, 4) is 0 Å². The molecule has 0 radical (unpaired) electrons. The van der Waals surface area contributed by atoms with Crippen molar-refractivity contribution in [2.45, 2.75) is 36.3 Å². The molecule has 0 aliphatic carbocycles. The number of anilines is 1. The van der Waals surface area contributed by atoms with Gasteiger partial charge in [0.05, 0.1) is 25.5 Å². The predicted molar refractivity (Wildman–Crippen MR) is 131 cm³/mol. The first kappa shape index (κ1) is 28.1. The van der Waals surface area contributed by atoms with E-state index in [1.807, 2.05) is 18.2 Å². The molecule has 0 saturated carbocycles. The predicted octanol–water partition coefficient (Wildman–Crippen LogP) is 0.685. The van der Waals surface area contributed by atoms with Crippen LogP contribution in [-0.4, -0.2) is 88.3 Å². The normalized spacial score (nSPS) is 22.6. The van der Waals surface area contributed by atoms with Gasteiger partial charge in [-0.05, 0) is 35.4 Å². The second-order valence-electron chi connectivity index (χ2n) is 8.42. The van der Waals surface area contributed by atoms with Crippen molar-refractivity contribution in [1.82, 2.24) is 14.6 Å². The van der Waals surface area contributed by atoms with E-state index < -0.39 is 57.2 Å². The fourth-order valence-electron chi connectivity index (χ4n) is 3.93. The van der Waals surface area contributed by atoms with Crippen LogP contribution >= 0.6 is 30.8 Å². The summed E-state index contributed by atoms with van der Waals surface area (Å²) in [6.07, 6.45) is -5.41. The molecule has 4 rings (SSSR count). The van der Waals surface area contributed by atoms with Crippen molar-refractivity contribution in [3.05, 3.63) is 58.0 Å². The third-order valence-corrected chi connectivity index (χ3v) is 8.12. The van der Waals surface area contributed by atoms with Crippen molar-refractivity contribution >= 4 is 42.1 Å². The molecule has 16 heteroatoms. The lowest BCUT2D eigenvalue weighted by molar-refractivity contribution is -0.114. The van der Waals surface area contributed by atoms with Crippen molar-refractivity contribution in [2.24, 2.45) is 0 Å². The van der Waals surface area contributed by atoms with E-state index in [0.717, 1.165) is 5.56 Å². The zero-order valence-corrected chi connectivity index (χ0v) is 21.5. The number of hydrogen-bond acceptors (Lipinski definition) is 10. The number of fused-ring (bicyclic) bond motifs is 1. The minimum absolute atomic E-state index is 0.114. The SMILES string of the molecule is O=P(O)(O)C(CO)(CO)OC[C@H]1O[C@@H](c2ccc3c(NCc4ccccc4Cl)nc(Cl)nn23)[C@H](O)[C@@H]1O.